The van der Waals surface area contributed by atoms with E-state index in [2.05, 4.69) is 5.32 Å². The summed E-state index contributed by atoms with van der Waals surface area (Å²) in [5, 5.41) is 3.67. The Morgan fingerprint density at radius 2 is 1.71 bits per heavy atom. The molecule has 7 nitrogen and oxygen atoms in total. The fourth-order valence-electron chi connectivity index (χ4n) is 4.62. The zero-order valence-corrected chi connectivity index (χ0v) is 21.9. The normalized spacial score (nSPS) is 20.2. The highest BCUT2D eigenvalue weighted by atomic mass is 35.5. The monoisotopic (exact) mass is 521 g/mol. The molecule has 1 aliphatic carbocycles. The Bertz CT molecular complexity index is 984. The molecule has 1 fully saturated rings. The topological polar surface area (TPSA) is 86.8 Å². The average Bonchev–Trinajstić information content (AvgIpc) is 3.07. The second-order valence-electron chi connectivity index (χ2n) is 9.57. The van der Waals surface area contributed by atoms with Gasteiger partial charge in [0.1, 0.15) is 6.04 Å². The van der Waals surface area contributed by atoms with Gasteiger partial charge < -0.3 is 10.2 Å². The van der Waals surface area contributed by atoms with Crippen molar-refractivity contribution >= 4 is 46.8 Å². The summed E-state index contributed by atoms with van der Waals surface area (Å²) in [6.45, 7) is 6.50. The van der Waals surface area contributed by atoms with Gasteiger partial charge in [-0.2, -0.15) is 0 Å². The molecule has 1 aromatic rings. The van der Waals surface area contributed by atoms with Crippen molar-refractivity contribution < 1.29 is 19.2 Å². The van der Waals surface area contributed by atoms with Crippen LogP contribution in [0.2, 0.25) is 10.0 Å². The molecule has 1 aromatic carbocycles. The predicted molar refractivity (Wildman–Crippen MR) is 136 cm³/mol. The van der Waals surface area contributed by atoms with Crippen LogP contribution in [0.4, 0.5) is 0 Å². The summed E-state index contributed by atoms with van der Waals surface area (Å²) in [4.78, 5) is 54.8. The Hall–Kier alpha value is -2.38. The van der Waals surface area contributed by atoms with Crippen LogP contribution in [0.3, 0.4) is 0 Å². The number of halogens is 2. The number of rotatable bonds is 10. The van der Waals surface area contributed by atoms with Crippen molar-refractivity contribution in [1.82, 2.24) is 15.1 Å². The number of carbonyl (C=O) groups excluding carboxylic acids is 4. The van der Waals surface area contributed by atoms with E-state index in [0.29, 0.717) is 35.9 Å². The van der Waals surface area contributed by atoms with Gasteiger partial charge in [0.05, 0.1) is 21.9 Å². The van der Waals surface area contributed by atoms with Crippen LogP contribution in [0.25, 0.3) is 0 Å². The van der Waals surface area contributed by atoms with E-state index in [1.54, 1.807) is 18.2 Å². The third-order valence-corrected chi connectivity index (χ3v) is 7.29. The molecule has 0 radical (unpaired) electrons. The van der Waals surface area contributed by atoms with Crippen LogP contribution in [0.1, 0.15) is 52.0 Å². The fraction of sp³-hybridized carbons (Fsp3) is 0.538. The van der Waals surface area contributed by atoms with Crippen molar-refractivity contribution in [1.29, 1.82) is 0 Å². The van der Waals surface area contributed by atoms with Gasteiger partial charge in [-0.25, -0.2) is 0 Å². The standard InChI is InChI=1S/C26H33Cl2N3O4/c1-4-22(24(33)29-14-16(2)3)31(15-17-9-10-20(27)21(28)13-17)23(32)11-12-30-25(34)18-7-5-6-8-19(18)26(30)35/h5-6,9-10,13,16,18-19,22H,4,7-8,11-12,14-15H2,1-3H3,(H,29,33)/t18-,19+,22-/m0/s1. The Morgan fingerprint density at radius 3 is 2.26 bits per heavy atom. The summed E-state index contributed by atoms with van der Waals surface area (Å²) in [5.41, 5.74) is 0.730. The average molecular weight is 522 g/mol. The van der Waals surface area contributed by atoms with Crippen LogP contribution in [-0.2, 0) is 25.7 Å². The Labute approximate surface area is 216 Å². The molecule has 3 rings (SSSR count). The number of nitrogens with zero attached hydrogens (tertiary/aromatic N) is 2. The third kappa shape index (κ3) is 6.44. The van der Waals surface area contributed by atoms with Crippen molar-refractivity contribution in [3.63, 3.8) is 0 Å². The number of carbonyl (C=O) groups is 4. The molecule has 0 unspecified atom stereocenters. The second-order valence-corrected chi connectivity index (χ2v) is 10.4. The van der Waals surface area contributed by atoms with E-state index in [-0.39, 0.29) is 60.9 Å². The van der Waals surface area contributed by atoms with Crippen molar-refractivity contribution in [3.05, 3.63) is 46.0 Å². The Balaban J connectivity index is 1.77. The summed E-state index contributed by atoms with van der Waals surface area (Å²) in [6, 6.07) is 4.39. The van der Waals surface area contributed by atoms with Gasteiger partial charge in [0.15, 0.2) is 0 Å². The fourth-order valence-corrected chi connectivity index (χ4v) is 4.94. The van der Waals surface area contributed by atoms with Gasteiger partial charge in [-0.15, -0.1) is 0 Å². The van der Waals surface area contributed by atoms with Gasteiger partial charge in [-0.05, 0) is 42.9 Å². The number of amides is 4. The molecule has 0 spiro atoms. The first-order valence-corrected chi connectivity index (χ1v) is 12.9. The number of allylic oxidation sites excluding steroid dienone is 2. The van der Waals surface area contributed by atoms with Gasteiger partial charge in [0, 0.05) is 26.1 Å². The lowest BCUT2D eigenvalue weighted by Gasteiger charge is -2.31. The predicted octanol–water partition coefficient (Wildman–Crippen LogP) is 4.21. The highest BCUT2D eigenvalue weighted by molar-refractivity contribution is 6.42. The molecule has 3 atom stereocenters. The summed E-state index contributed by atoms with van der Waals surface area (Å²) >= 11 is 12.2. The van der Waals surface area contributed by atoms with E-state index >= 15 is 0 Å². The SMILES string of the molecule is CC[C@@H](C(=O)NCC(C)C)N(Cc1ccc(Cl)c(Cl)c1)C(=O)CCN1C(=O)[C@H]2CC=CC[C@H]2C1=O. The first-order valence-electron chi connectivity index (χ1n) is 12.1. The Morgan fingerprint density at radius 1 is 1.09 bits per heavy atom. The highest BCUT2D eigenvalue weighted by Gasteiger charge is 2.47. The van der Waals surface area contributed by atoms with Crippen LogP contribution >= 0.6 is 23.2 Å². The number of benzene rings is 1. The number of fused-ring (bicyclic) bond motifs is 1. The molecular formula is C26H33Cl2N3O4. The molecule has 1 aliphatic heterocycles. The summed E-state index contributed by atoms with van der Waals surface area (Å²) < 4.78 is 0. The van der Waals surface area contributed by atoms with Gasteiger partial charge in [-0.1, -0.05) is 62.2 Å². The van der Waals surface area contributed by atoms with Gasteiger partial charge in [0.2, 0.25) is 23.6 Å². The first-order chi connectivity index (χ1) is 16.6. The van der Waals surface area contributed by atoms with E-state index < -0.39 is 6.04 Å². The minimum atomic E-state index is -0.701. The largest absolute Gasteiger partial charge is 0.354 e. The highest BCUT2D eigenvalue weighted by Crippen LogP contribution is 2.35. The van der Waals surface area contributed by atoms with Crippen molar-refractivity contribution in [2.45, 2.75) is 59.0 Å². The molecule has 2 aliphatic rings. The molecule has 190 valence electrons. The minimum absolute atomic E-state index is 0.00538. The molecule has 35 heavy (non-hydrogen) atoms. The van der Waals surface area contributed by atoms with Gasteiger partial charge in [-0.3, -0.25) is 24.1 Å². The van der Waals surface area contributed by atoms with Crippen molar-refractivity contribution in [2.24, 2.45) is 17.8 Å². The van der Waals surface area contributed by atoms with E-state index in [4.69, 9.17) is 23.2 Å². The Kier molecular flexibility index (Phi) is 9.36. The van der Waals surface area contributed by atoms with Crippen LogP contribution in [0, 0.1) is 17.8 Å². The number of nitrogens with one attached hydrogen (secondary N) is 1. The van der Waals surface area contributed by atoms with Gasteiger partial charge in [0.25, 0.3) is 0 Å². The lowest BCUT2D eigenvalue weighted by Crippen LogP contribution is -2.50. The van der Waals surface area contributed by atoms with Crippen LogP contribution < -0.4 is 5.32 Å². The third-order valence-electron chi connectivity index (χ3n) is 6.56. The molecule has 1 saturated heterocycles. The molecule has 9 heteroatoms. The lowest BCUT2D eigenvalue weighted by atomic mass is 9.85. The van der Waals surface area contributed by atoms with Crippen LogP contribution in [0.15, 0.2) is 30.4 Å². The van der Waals surface area contributed by atoms with Crippen molar-refractivity contribution in [3.8, 4) is 0 Å². The lowest BCUT2D eigenvalue weighted by molar-refractivity contribution is -0.144. The maximum Gasteiger partial charge on any atom is 0.242 e. The smallest absolute Gasteiger partial charge is 0.242 e. The van der Waals surface area contributed by atoms with E-state index in [0.717, 1.165) is 5.56 Å². The maximum absolute atomic E-state index is 13.5. The molecule has 1 heterocycles. The van der Waals surface area contributed by atoms with Crippen LogP contribution in [0.5, 0.6) is 0 Å². The first kappa shape index (κ1) is 27.2. The molecular weight excluding hydrogens is 489 g/mol. The van der Waals surface area contributed by atoms with Crippen LogP contribution in [-0.4, -0.2) is 52.6 Å². The number of hydrogen-bond acceptors (Lipinski definition) is 4. The van der Waals surface area contributed by atoms with E-state index in [9.17, 15) is 19.2 Å². The zero-order valence-electron chi connectivity index (χ0n) is 20.4. The number of likely N-dealkylation sites (tertiary alicyclic amines) is 1. The summed E-state index contributed by atoms with van der Waals surface area (Å²) in [7, 11) is 0. The van der Waals surface area contributed by atoms with Gasteiger partial charge >= 0.3 is 0 Å². The minimum Gasteiger partial charge on any atom is -0.354 e. The molecule has 0 bridgehead atoms. The number of imide groups is 1. The molecule has 0 aromatic heterocycles. The maximum atomic E-state index is 13.5. The molecule has 0 saturated carbocycles. The summed E-state index contributed by atoms with van der Waals surface area (Å²) in [5.74, 6) is -1.37. The van der Waals surface area contributed by atoms with E-state index in [1.807, 2.05) is 32.9 Å². The quantitative estimate of drug-likeness (QED) is 0.369. The molecule has 4 amide bonds. The number of hydrogen-bond donors (Lipinski definition) is 1. The van der Waals surface area contributed by atoms with Crippen molar-refractivity contribution in [2.75, 3.05) is 13.1 Å². The molecule has 1 N–H and O–H groups in total. The second kappa shape index (κ2) is 12.0. The van der Waals surface area contributed by atoms with E-state index in [1.165, 1.54) is 9.80 Å². The summed E-state index contributed by atoms with van der Waals surface area (Å²) in [6.07, 6.45) is 5.32. The zero-order chi connectivity index (χ0) is 25.7.